The van der Waals surface area contributed by atoms with Crippen LogP contribution >= 0.6 is 11.6 Å². The monoisotopic (exact) mass is 223 g/mol. The van der Waals surface area contributed by atoms with Crippen LogP contribution in [-0.4, -0.2) is 29.3 Å². The summed E-state index contributed by atoms with van der Waals surface area (Å²) < 4.78 is 0. The van der Waals surface area contributed by atoms with E-state index in [1.165, 1.54) is 0 Å². The summed E-state index contributed by atoms with van der Waals surface area (Å²) in [5, 5.41) is 0.143. The van der Waals surface area contributed by atoms with Crippen molar-refractivity contribution in [3.63, 3.8) is 0 Å². The van der Waals surface area contributed by atoms with E-state index in [1.807, 2.05) is 35.2 Å². The number of amides is 1. The maximum Gasteiger partial charge on any atom is 0.227 e. The summed E-state index contributed by atoms with van der Waals surface area (Å²) in [6, 6.07) is 9.82. The first kappa shape index (κ1) is 10.5. The van der Waals surface area contributed by atoms with Crippen LogP contribution in [0.25, 0.3) is 0 Å². The smallest absolute Gasteiger partial charge is 0.227 e. The Labute approximate surface area is 94.8 Å². The summed E-state index contributed by atoms with van der Waals surface area (Å²) in [6.07, 6.45) is 1.41. The third kappa shape index (κ3) is 2.72. The van der Waals surface area contributed by atoms with Crippen molar-refractivity contribution in [1.29, 1.82) is 0 Å². The van der Waals surface area contributed by atoms with E-state index in [2.05, 4.69) is 0 Å². The van der Waals surface area contributed by atoms with Gasteiger partial charge in [0.1, 0.15) is 0 Å². The zero-order chi connectivity index (χ0) is 10.7. The van der Waals surface area contributed by atoms with Gasteiger partial charge in [0, 0.05) is 13.1 Å². The van der Waals surface area contributed by atoms with Crippen molar-refractivity contribution < 1.29 is 4.79 Å². The molecule has 0 spiro atoms. The molecule has 0 N–H and O–H groups in total. The first-order chi connectivity index (χ1) is 7.25. The Morgan fingerprint density at radius 3 is 2.73 bits per heavy atom. The van der Waals surface area contributed by atoms with E-state index >= 15 is 0 Å². The number of hydrogen-bond donors (Lipinski definition) is 0. The van der Waals surface area contributed by atoms with Gasteiger partial charge in [-0.15, -0.1) is 11.6 Å². The molecule has 1 amide bonds. The van der Waals surface area contributed by atoms with Crippen LogP contribution in [0.5, 0.6) is 0 Å². The van der Waals surface area contributed by atoms with Crippen LogP contribution in [0.3, 0.4) is 0 Å². The average Bonchev–Trinajstić information content (AvgIpc) is 2.66. The van der Waals surface area contributed by atoms with Crippen molar-refractivity contribution in [1.82, 2.24) is 4.90 Å². The predicted octanol–water partition coefficient (Wildman–Crippen LogP) is 2.07. The maximum atomic E-state index is 11.8. The molecule has 80 valence electrons. The number of carbonyl (C=O) groups is 1. The molecule has 1 saturated heterocycles. The summed E-state index contributed by atoms with van der Waals surface area (Å²) in [5.74, 6) is 0.185. The fourth-order valence-corrected chi connectivity index (χ4v) is 2.09. The van der Waals surface area contributed by atoms with E-state index in [0.29, 0.717) is 13.0 Å². The molecule has 15 heavy (non-hydrogen) atoms. The third-order valence-electron chi connectivity index (χ3n) is 2.68. The Morgan fingerprint density at radius 1 is 1.40 bits per heavy atom. The largest absolute Gasteiger partial charge is 0.341 e. The van der Waals surface area contributed by atoms with Gasteiger partial charge in [-0.1, -0.05) is 30.3 Å². The lowest BCUT2D eigenvalue weighted by atomic mass is 10.1. The standard InChI is InChI=1S/C12H14ClNO/c13-11-6-7-14(9-11)12(15)8-10-4-2-1-3-5-10/h1-5,11H,6-9H2. The summed E-state index contributed by atoms with van der Waals surface area (Å²) in [5.41, 5.74) is 1.07. The average molecular weight is 224 g/mol. The zero-order valence-electron chi connectivity index (χ0n) is 8.53. The lowest BCUT2D eigenvalue weighted by Gasteiger charge is -2.15. The quantitative estimate of drug-likeness (QED) is 0.703. The van der Waals surface area contributed by atoms with Crippen molar-refractivity contribution in [2.75, 3.05) is 13.1 Å². The molecule has 2 nitrogen and oxygen atoms in total. The highest BCUT2D eigenvalue weighted by molar-refractivity contribution is 6.21. The molecular weight excluding hydrogens is 210 g/mol. The van der Waals surface area contributed by atoms with Crippen molar-refractivity contribution in [2.45, 2.75) is 18.2 Å². The van der Waals surface area contributed by atoms with Crippen molar-refractivity contribution >= 4 is 17.5 Å². The van der Waals surface area contributed by atoms with Gasteiger partial charge < -0.3 is 4.90 Å². The molecule has 1 unspecified atom stereocenters. The van der Waals surface area contributed by atoms with E-state index in [1.54, 1.807) is 0 Å². The van der Waals surface area contributed by atoms with E-state index in [9.17, 15) is 4.79 Å². The molecule has 1 atom stereocenters. The Bertz CT molecular complexity index is 339. The highest BCUT2D eigenvalue weighted by atomic mass is 35.5. The third-order valence-corrected chi connectivity index (χ3v) is 3.04. The van der Waals surface area contributed by atoms with Crippen LogP contribution in [0.4, 0.5) is 0 Å². The fraction of sp³-hybridized carbons (Fsp3) is 0.417. The molecule has 0 aromatic heterocycles. The summed E-state index contributed by atoms with van der Waals surface area (Å²) in [7, 11) is 0. The van der Waals surface area contributed by atoms with Crippen molar-refractivity contribution in [3.8, 4) is 0 Å². The molecule has 1 aromatic rings. The van der Waals surface area contributed by atoms with Crippen molar-refractivity contribution in [2.24, 2.45) is 0 Å². The molecule has 1 aliphatic rings. The molecule has 1 aliphatic heterocycles. The molecule has 1 aromatic carbocycles. The van der Waals surface area contributed by atoms with E-state index in [-0.39, 0.29) is 11.3 Å². The molecule has 0 aliphatic carbocycles. The lowest BCUT2D eigenvalue weighted by Crippen LogP contribution is -2.30. The molecule has 0 radical (unpaired) electrons. The van der Waals surface area contributed by atoms with Gasteiger partial charge in [0.05, 0.1) is 11.8 Å². The second-order valence-corrected chi connectivity index (χ2v) is 4.51. The SMILES string of the molecule is O=C(Cc1ccccc1)N1CCC(Cl)C1. The van der Waals surface area contributed by atoms with Gasteiger partial charge in [-0.05, 0) is 12.0 Å². The number of nitrogens with zero attached hydrogens (tertiary/aromatic N) is 1. The van der Waals surface area contributed by atoms with Gasteiger partial charge in [0.25, 0.3) is 0 Å². The molecular formula is C12H14ClNO. The van der Waals surface area contributed by atoms with Crippen LogP contribution in [0.15, 0.2) is 30.3 Å². The number of alkyl halides is 1. The molecule has 1 fully saturated rings. The van der Waals surface area contributed by atoms with Crippen LogP contribution in [0, 0.1) is 0 Å². The number of rotatable bonds is 2. The molecule has 2 rings (SSSR count). The second-order valence-electron chi connectivity index (χ2n) is 3.89. The minimum absolute atomic E-state index is 0.143. The van der Waals surface area contributed by atoms with E-state index < -0.39 is 0 Å². The second kappa shape index (κ2) is 4.67. The van der Waals surface area contributed by atoms with Crippen LogP contribution in [0.1, 0.15) is 12.0 Å². The van der Waals surface area contributed by atoms with Gasteiger partial charge in [0.15, 0.2) is 0 Å². The Kier molecular flexibility index (Phi) is 3.27. The first-order valence-corrected chi connectivity index (χ1v) is 5.65. The number of likely N-dealkylation sites (tertiary alicyclic amines) is 1. The number of carbonyl (C=O) groups excluding carboxylic acids is 1. The summed E-state index contributed by atoms with van der Waals surface area (Å²) in [4.78, 5) is 13.7. The summed E-state index contributed by atoms with van der Waals surface area (Å²) in [6.45, 7) is 1.51. The zero-order valence-corrected chi connectivity index (χ0v) is 9.28. The minimum atomic E-state index is 0.143. The Hall–Kier alpha value is -1.02. The van der Waals surface area contributed by atoms with Gasteiger partial charge in [-0.3, -0.25) is 4.79 Å². The molecule has 1 heterocycles. The first-order valence-electron chi connectivity index (χ1n) is 5.21. The fourth-order valence-electron chi connectivity index (χ4n) is 1.83. The van der Waals surface area contributed by atoms with E-state index in [4.69, 9.17) is 11.6 Å². The van der Waals surface area contributed by atoms with E-state index in [0.717, 1.165) is 18.5 Å². The Balaban J connectivity index is 1.93. The Morgan fingerprint density at radius 2 is 2.13 bits per heavy atom. The normalized spacial score (nSPS) is 20.6. The lowest BCUT2D eigenvalue weighted by molar-refractivity contribution is -0.129. The van der Waals surface area contributed by atoms with Crippen molar-refractivity contribution in [3.05, 3.63) is 35.9 Å². The van der Waals surface area contributed by atoms with Crippen LogP contribution < -0.4 is 0 Å². The number of halogens is 1. The predicted molar refractivity (Wildman–Crippen MR) is 61.0 cm³/mol. The molecule has 0 bridgehead atoms. The topological polar surface area (TPSA) is 20.3 Å². The summed E-state index contributed by atoms with van der Waals surface area (Å²) >= 11 is 5.96. The van der Waals surface area contributed by atoms with Crippen LogP contribution in [-0.2, 0) is 11.2 Å². The minimum Gasteiger partial charge on any atom is -0.341 e. The van der Waals surface area contributed by atoms with Gasteiger partial charge >= 0.3 is 0 Å². The molecule has 3 heteroatoms. The van der Waals surface area contributed by atoms with Gasteiger partial charge in [-0.25, -0.2) is 0 Å². The van der Waals surface area contributed by atoms with Gasteiger partial charge in [0.2, 0.25) is 5.91 Å². The molecule has 0 saturated carbocycles. The number of hydrogen-bond acceptors (Lipinski definition) is 1. The number of benzene rings is 1. The highest BCUT2D eigenvalue weighted by Gasteiger charge is 2.24. The van der Waals surface area contributed by atoms with Crippen LogP contribution in [0.2, 0.25) is 0 Å². The highest BCUT2D eigenvalue weighted by Crippen LogP contribution is 2.15. The maximum absolute atomic E-state index is 11.8. The van der Waals surface area contributed by atoms with Gasteiger partial charge in [-0.2, -0.15) is 0 Å².